The number of carbonyl (C=O) groups excluding carboxylic acids is 2. The molecule has 0 radical (unpaired) electrons. The molecule has 0 aliphatic carbocycles. The van der Waals surface area contributed by atoms with Gasteiger partial charge in [-0.3, -0.25) is 5.32 Å². The predicted octanol–water partition coefficient (Wildman–Crippen LogP) is 0.869. The number of hydrogen-bond donors (Lipinski definition) is 5. The van der Waals surface area contributed by atoms with E-state index in [0.717, 1.165) is 0 Å². The van der Waals surface area contributed by atoms with Gasteiger partial charge >= 0.3 is 18.2 Å². The van der Waals surface area contributed by atoms with Crippen LogP contribution in [-0.4, -0.2) is 52.6 Å². The van der Waals surface area contributed by atoms with Crippen molar-refractivity contribution in [3.8, 4) is 0 Å². The highest BCUT2D eigenvalue weighted by Gasteiger charge is 2.26. The number of rotatable bonds is 7. The molecule has 7 N–H and O–H groups in total. The molecule has 11 heteroatoms. The van der Waals surface area contributed by atoms with E-state index < -0.39 is 41.6 Å². The average molecular weight is 389 g/mol. The van der Waals surface area contributed by atoms with Gasteiger partial charge in [0, 0.05) is 0 Å². The summed E-state index contributed by atoms with van der Waals surface area (Å²) in [5.41, 5.74) is 9.19. The molecular formula is C16H31N5O6. The third kappa shape index (κ3) is 13.2. The molecule has 0 saturated carbocycles. The van der Waals surface area contributed by atoms with E-state index in [1.54, 1.807) is 41.5 Å². The Morgan fingerprint density at radius 2 is 1.37 bits per heavy atom. The van der Waals surface area contributed by atoms with Crippen LogP contribution in [0.4, 0.5) is 9.59 Å². The first-order chi connectivity index (χ1) is 12.1. The van der Waals surface area contributed by atoms with E-state index in [1.165, 1.54) is 0 Å². The quantitative estimate of drug-likeness (QED) is 0.314. The zero-order valence-corrected chi connectivity index (χ0v) is 16.7. The Kier molecular flexibility index (Phi) is 8.84. The van der Waals surface area contributed by atoms with Gasteiger partial charge in [0.1, 0.15) is 23.4 Å². The predicted molar refractivity (Wildman–Crippen MR) is 99.0 cm³/mol. The maximum absolute atomic E-state index is 11.9. The van der Waals surface area contributed by atoms with E-state index in [9.17, 15) is 19.5 Å². The maximum atomic E-state index is 11.9. The van der Waals surface area contributed by atoms with Crippen molar-refractivity contribution in [2.24, 2.45) is 16.5 Å². The van der Waals surface area contributed by atoms with E-state index in [-0.39, 0.29) is 18.8 Å². The highest BCUT2D eigenvalue weighted by Crippen LogP contribution is 2.11. The zero-order chi connectivity index (χ0) is 21.4. The molecular weight excluding hydrogens is 358 g/mol. The van der Waals surface area contributed by atoms with Crippen LogP contribution >= 0.6 is 0 Å². The smallest absolute Gasteiger partial charge is 0.409 e. The number of ether oxygens (including phenoxy) is 2. The summed E-state index contributed by atoms with van der Waals surface area (Å²) in [5.74, 6) is -1.55. The maximum Gasteiger partial charge on any atom is 0.409 e. The summed E-state index contributed by atoms with van der Waals surface area (Å²) in [6.07, 6.45) is -2.58. The third-order valence-electron chi connectivity index (χ3n) is 2.71. The summed E-state index contributed by atoms with van der Waals surface area (Å²) in [5, 5.41) is 14.0. The first-order valence-electron chi connectivity index (χ1n) is 8.39. The molecule has 0 saturated heterocycles. The van der Waals surface area contributed by atoms with Crippen molar-refractivity contribution in [2.45, 2.75) is 77.8 Å². The molecule has 0 spiro atoms. The second kappa shape index (κ2) is 9.83. The summed E-state index contributed by atoms with van der Waals surface area (Å²) >= 11 is 0. The van der Waals surface area contributed by atoms with Gasteiger partial charge in [-0.25, -0.2) is 19.4 Å². The number of nitrogens with one attached hydrogen (secondary N) is 2. The Hall–Kier alpha value is -2.72. The fourth-order valence-corrected chi connectivity index (χ4v) is 1.82. The van der Waals surface area contributed by atoms with Crippen LogP contribution in [0.15, 0.2) is 4.99 Å². The Balaban J connectivity index is 4.93. The van der Waals surface area contributed by atoms with Crippen molar-refractivity contribution in [3.63, 3.8) is 0 Å². The highest BCUT2D eigenvalue weighted by atomic mass is 16.6. The second-order valence-corrected chi connectivity index (χ2v) is 7.83. The number of alkyl carbamates (subject to hydrolysis) is 2. The van der Waals surface area contributed by atoms with Gasteiger partial charge in [-0.2, -0.15) is 0 Å². The van der Waals surface area contributed by atoms with Gasteiger partial charge in [0.15, 0.2) is 5.96 Å². The van der Waals surface area contributed by atoms with E-state index in [0.29, 0.717) is 0 Å². The van der Waals surface area contributed by atoms with Crippen molar-refractivity contribution in [2.75, 3.05) is 0 Å². The number of guanidine groups is 1. The molecule has 2 atom stereocenters. The largest absolute Gasteiger partial charge is 0.480 e. The third-order valence-corrected chi connectivity index (χ3v) is 2.71. The van der Waals surface area contributed by atoms with Crippen molar-refractivity contribution in [1.29, 1.82) is 0 Å². The van der Waals surface area contributed by atoms with E-state index in [1.807, 2.05) is 0 Å². The summed E-state index contributed by atoms with van der Waals surface area (Å²) in [6.45, 7) is 10.0. The van der Waals surface area contributed by atoms with Gasteiger partial charge in [0.2, 0.25) is 0 Å². The monoisotopic (exact) mass is 389 g/mol. The number of carboxylic acid groups (broad SMARTS) is 1. The molecule has 0 rings (SSSR count). The molecule has 0 heterocycles. The lowest BCUT2D eigenvalue weighted by Gasteiger charge is -2.24. The van der Waals surface area contributed by atoms with Crippen LogP contribution in [-0.2, 0) is 14.3 Å². The van der Waals surface area contributed by atoms with Crippen molar-refractivity contribution >= 4 is 24.1 Å². The molecule has 1 unspecified atom stereocenters. The Morgan fingerprint density at radius 3 is 1.74 bits per heavy atom. The normalized spacial score (nSPS) is 13.7. The summed E-state index contributed by atoms with van der Waals surface area (Å²) in [4.78, 5) is 38.9. The van der Waals surface area contributed by atoms with Gasteiger partial charge < -0.3 is 31.4 Å². The molecule has 0 fully saturated rings. The van der Waals surface area contributed by atoms with Crippen LogP contribution in [0.1, 0.15) is 54.4 Å². The molecule has 11 nitrogen and oxygen atoms in total. The Morgan fingerprint density at radius 1 is 0.926 bits per heavy atom. The first-order valence-corrected chi connectivity index (χ1v) is 8.39. The summed E-state index contributed by atoms with van der Waals surface area (Å²) in [7, 11) is 0. The lowest BCUT2D eigenvalue weighted by Crippen LogP contribution is -2.45. The van der Waals surface area contributed by atoms with Crippen LogP contribution in [0.2, 0.25) is 0 Å². The first kappa shape index (κ1) is 24.3. The summed E-state index contributed by atoms with van der Waals surface area (Å²) in [6, 6.07) is -1.25. The van der Waals surface area contributed by atoms with Gasteiger partial charge in [-0.05, 0) is 54.4 Å². The van der Waals surface area contributed by atoms with Crippen LogP contribution in [0, 0.1) is 0 Å². The van der Waals surface area contributed by atoms with E-state index >= 15 is 0 Å². The number of nitrogens with zero attached hydrogens (tertiary/aromatic N) is 1. The van der Waals surface area contributed by atoms with Crippen molar-refractivity contribution in [1.82, 2.24) is 10.6 Å². The van der Waals surface area contributed by atoms with Crippen molar-refractivity contribution in [3.05, 3.63) is 0 Å². The molecule has 0 aromatic rings. The average Bonchev–Trinajstić information content (AvgIpc) is 2.37. The molecule has 2 amide bonds. The van der Waals surface area contributed by atoms with Gasteiger partial charge in [0.25, 0.3) is 0 Å². The lowest BCUT2D eigenvalue weighted by molar-refractivity contribution is -0.139. The minimum Gasteiger partial charge on any atom is -0.480 e. The second-order valence-electron chi connectivity index (χ2n) is 7.83. The molecule has 0 aromatic heterocycles. The fourth-order valence-electron chi connectivity index (χ4n) is 1.82. The summed E-state index contributed by atoms with van der Waals surface area (Å²) < 4.78 is 10.2. The topological polar surface area (TPSA) is 178 Å². The minimum atomic E-state index is -1.26. The van der Waals surface area contributed by atoms with Crippen LogP contribution in [0.5, 0.6) is 0 Å². The fraction of sp³-hybridized carbons (Fsp3) is 0.750. The number of carbonyl (C=O) groups is 3. The minimum absolute atomic E-state index is 0.0317. The number of carboxylic acids is 1. The van der Waals surface area contributed by atoms with Gasteiger partial charge in [-0.1, -0.05) is 0 Å². The molecule has 0 aromatic carbocycles. The van der Waals surface area contributed by atoms with Crippen LogP contribution in [0.3, 0.4) is 0 Å². The number of aliphatic imine (C=N–C) groups is 1. The number of amides is 2. The number of aliphatic carboxylic acids is 1. The SMILES string of the molecule is CC(C)(C)OC(=O)NC(CC[C@H](NC(=O)OC(C)(C)C)C(=O)O)N=C(N)N. The molecule has 0 aliphatic rings. The van der Waals surface area contributed by atoms with Gasteiger partial charge in [0.05, 0.1) is 0 Å². The van der Waals surface area contributed by atoms with Gasteiger partial charge in [-0.15, -0.1) is 0 Å². The lowest BCUT2D eigenvalue weighted by atomic mass is 10.1. The molecule has 0 bridgehead atoms. The Labute approximate surface area is 158 Å². The molecule has 27 heavy (non-hydrogen) atoms. The standard InChI is InChI=1S/C16H31N5O6/c1-15(2,3)26-13(24)19-9(11(22)23)7-8-10(20-12(17)18)21-14(25)27-16(4,5)6/h9-10H,7-8H2,1-6H3,(H,19,24)(H,21,25)(H,22,23)(H4,17,18,20)/t9-,10?/m0/s1. The van der Waals surface area contributed by atoms with E-state index in [2.05, 4.69) is 15.6 Å². The number of nitrogens with two attached hydrogens (primary N) is 2. The molecule has 0 aliphatic heterocycles. The highest BCUT2D eigenvalue weighted by molar-refractivity contribution is 5.80. The molecule has 156 valence electrons. The van der Waals surface area contributed by atoms with Crippen molar-refractivity contribution < 1.29 is 29.0 Å². The van der Waals surface area contributed by atoms with E-state index in [4.69, 9.17) is 20.9 Å². The zero-order valence-electron chi connectivity index (χ0n) is 16.7. The number of hydrogen-bond acceptors (Lipinski definition) is 6. The van der Waals surface area contributed by atoms with Crippen LogP contribution < -0.4 is 22.1 Å². The van der Waals surface area contributed by atoms with Crippen LogP contribution in [0.25, 0.3) is 0 Å². The Bertz CT molecular complexity index is 561.